The highest BCUT2D eigenvalue weighted by molar-refractivity contribution is 7.89. The van der Waals surface area contributed by atoms with Gasteiger partial charge in [0.05, 0.1) is 4.90 Å². The van der Waals surface area contributed by atoms with Crippen LogP contribution in [0.25, 0.3) is 5.65 Å². The maximum atomic E-state index is 13.1. The van der Waals surface area contributed by atoms with E-state index in [0.717, 1.165) is 11.4 Å². The lowest BCUT2D eigenvalue weighted by Crippen LogP contribution is -2.49. The SMILES string of the molecule is CC(=O)Nc1cc(S(=O)(=O)N2CCN(c3ccc4nnc(C)n4n3)CC2)ccc1C. The summed E-state index contributed by atoms with van der Waals surface area (Å²) in [5, 5.41) is 15.3. The lowest BCUT2D eigenvalue weighted by molar-refractivity contribution is -0.114. The van der Waals surface area contributed by atoms with Gasteiger partial charge < -0.3 is 10.2 Å². The van der Waals surface area contributed by atoms with E-state index < -0.39 is 10.0 Å². The fourth-order valence-electron chi connectivity index (χ4n) is 3.45. The lowest BCUT2D eigenvalue weighted by atomic mass is 10.2. The Labute approximate surface area is 174 Å². The quantitative estimate of drug-likeness (QED) is 0.663. The number of hydrogen-bond donors (Lipinski definition) is 1. The van der Waals surface area contributed by atoms with Crippen molar-refractivity contribution < 1.29 is 13.2 Å². The Bertz CT molecular complexity index is 1210. The smallest absolute Gasteiger partial charge is 0.243 e. The molecule has 0 spiro atoms. The lowest BCUT2D eigenvalue weighted by Gasteiger charge is -2.34. The molecular formula is C19H23N7O3S. The highest BCUT2D eigenvalue weighted by atomic mass is 32.2. The average Bonchev–Trinajstić information content (AvgIpc) is 3.09. The number of amides is 1. The predicted octanol–water partition coefficient (Wildman–Crippen LogP) is 1.21. The van der Waals surface area contributed by atoms with Gasteiger partial charge in [-0.15, -0.1) is 15.3 Å². The van der Waals surface area contributed by atoms with E-state index in [1.807, 2.05) is 30.9 Å². The molecule has 1 saturated heterocycles. The van der Waals surface area contributed by atoms with Crippen molar-refractivity contribution in [1.82, 2.24) is 24.1 Å². The maximum Gasteiger partial charge on any atom is 0.243 e. The standard InChI is InChI=1S/C19H23N7O3S/c1-13-4-5-16(12-17(13)20-15(3)27)30(28,29)25-10-8-24(9-11-25)19-7-6-18-22-21-14(2)26(18)23-19/h4-7,12H,8-11H2,1-3H3,(H,20,27). The first kappa shape index (κ1) is 20.2. The minimum absolute atomic E-state index is 0.171. The zero-order valence-corrected chi connectivity index (χ0v) is 17.8. The predicted molar refractivity (Wildman–Crippen MR) is 112 cm³/mol. The molecule has 2 aromatic heterocycles. The van der Waals surface area contributed by atoms with E-state index in [1.165, 1.54) is 17.3 Å². The number of sulfonamides is 1. The summed E-state index contributed by atoms with van der Waals surface area (Å²) >= 11 is 0. The molecule has 0 radical (unpaired) electrons. The van der Waals surface area contributed by atoms with Crippen molar-refractivity contribution in [2.75, 3.05) is 36.4 Å². The molecule has 0 unspecified atom stereocenters. The van der Waals surface area contributed by atoms with Crippen molar-refractivity contribution in [2.45, 2.75) is 25.7 Å². The first-order chi connectivity index (χ1) is 14.3. The Morgan fingerprint density at radius 3 is 2.47 bits per heavy atom. The Kier molecular flexibility index (Phi) is 5.16. The van der Waals surface area contributed by atoms with Gasteiger partial charge in [0.25, 0.3) is 0 Å². The zero-order valence-electron chi connectivity index (χ0n) is 17.0. The molecule has 0 atom stereocenters. The number of nitrogens with zero attached hydrogens (tertiary/aromatic N) is 6. The Hall–Kier alpha value is -3.05. The molecular weight excluding hydrogens is 406 g/mol. The third-order valence-electron chi connectivity index (χ3n) is 5.12. The van der Waals surface area contributed by atoms with Gasteiger partial charge in [0.1, 0.15) is 5.82 Å². The summed E-state index contributed by atoms with van der Waals surface area (Å²) in [5.41, 5.74) is 1.98. The van der Waals surface area contributed by atoms with Crippen LogP contribution in [0, 0.1) is 13.8 Å². The zero-order chi connectivity index (χ0) is 21.5. The van der Waals surface area contributed by atoms with Gasteiger partial charge in [0, 0.05) is 38.8 Å². The van der Waals surface area contributed by atoms with Gasteiger partial charge in [-0.1, -0.05) is 6.07 Å². The molecule has 1 aliphatic heterocycles. The van der Waals surface area contributed by atoms with E-state index in [-0.39, 0.29) is 10.8 Å². The number of aromatic nitrogens is 4. The minimum atomic E-state index is -3.67. The van der Waals surface area contributed by atoms with E-state index in [4.69, 9.17) is 0 Å². The van der Waals surface area contributed by atoms with E-state index in [9.17, 15) is 13.2 Å². The fraction of sp³-hybridized carbons (Fsp3) is 0.368. The summed E-state index contributed by atoms with van der Waals surface area (Å²) in [6.45, 7) is 6.76. The second-order valence-corrected chi connectivity index (χ2v) is 9.20. The van der Waals surface area contributed by atoms with Crippen LogP contribution in [-0.2, 0) is 14.8 Å². The molecule has 1 aromatic carbocycles. The van der Waals surface area contributed by atoms with Crippen LogP contribution in [0.4, 0.5) is 11.5 Å². The maximum absolute atomic E-state index is 13.1. The summed E-state index contributed by atoms with van der Waals surface area (Å²) in [7, 11) is -3.67. The van der Waals surface area contributed by atoms with Crippen molar-refractivity contribution in [3.8, 4) is 0 Å². The van der Waals surface area contributed by atoms with Gasteiger partial charge in [-0.25, -0.2) is 8.42 Å². The fourth-order valence-corrected chi connectivity index (χ4v) is 4.90. The molecule has 11 heteroatoms. The van der Waals surface area contributed by atoms with E-state index >= 15 is 0 Å². The van der Waals surface area contributed by atoms with Crippen molar-refractivity contribution in [3.63, 3.8) is 0 Å². The molecule has 1 amide bonds. The van der Waals surface area contributed by atoms with Crippen molar-refractivity contribution in [3.05, 3.63) is 41.7 Å². The molecule has 4 rings (SSSR count). The number of rotatable bonds is 4. The molecule has 0 aliphatic carbocycles. The number of fused-ring (bicyclic) bond motifs is 1. The monoisotopic (exact) mass is 429 g/mol. The largest absolute Gasteiger partial charge is 0.353 e. The number of carbonyl (C=O) groups excluding carboxylic acids is 1. The normalized spacial score (nSPS) is 15.5. The molecule has 1 fully saturated rings. The topological polar surface area (TPSA) is 113 Å². The van der Waals surface area contributed by atoms with Gasteiger partial charge in [-0.05, 0) is 43.7 Å². The molecule has 30 heavy (non-hydrogen) atoms. The second-order valence-electron chi connectivity index (χ2n) is 7.26. The number of hydrogen-bond acceptors (Lipinski definition) is 7. The summed E-state index contributed by atoms with van der Waals surface area (Å²) in [6, 6.07) is 8.51. The molecule has 1 N–H and O–H groups in total. The summed E-state index contributed by atoms with van der Waals surface area (Å²) < 4.78 is 29.4. The number of anilines is 2. The minimum Gasteiger partial charge on any atom is -0.353 e. The van der Waals surface area contributed by atoms with Crippen LogP contribution in [0.2, 0.25) is 0 Å². The Morgan fingerprint density at radius 1 is 1.03 bits per heavy atom. The van der Waals surface area contributed by atoms with Gasteiger partial charge in [0.2, 0.25) is 15.9 Å². The van der Waals surface area contributed by atoms with Crippen LogP contribution < -0.4 is 10.2 Å². The Balaban J connectivity index is 1.51. The van der Waals surface area contributed by atoms with E-state index in [1.54, 1.807) is 16.6 Å². The van der Waals surface area contributed by atoms with Crippen molar-refractivity contribution >= 4 is 33.1 Å². The van der Waals surface area contributed by atoms with Crippen LogP contribution in [0.5, 0.6) is 0 Å². The van der Waals surface area contributed by atoms with Gasteiger partial charge >= 0.3 is 0 Å². The first-order valence-electron chi connectivity index (χ1n) is 9.58. The molecule has 0 saturated carbocycles. The number of piperazine rings is 1. The number of benzene rings is 1. The molecule has 1 aliphatic rings. The highest BCUT2D eigenvalue weighted by Gasteiger charge is 2.29. The van der Waals surface area contributed by atoms with Crippen molar-refractivity contribution in [1.29, 1.82) is 0 Å². The molecule has 3 aromatic rings. The van der Waals surface area contributed by atoms with E-state index in [0.29, 0.717) is 43.3 Å². The number of nitrogens with one attached hydrogen (secondary N) is 1. The van der Waals surface area contributed by atoms with Crippen LogP contribution in [0.15, 0.2) is 35.2 Å². The Morgan fingerprint density at radius 2 is 1.77 bits per heavy atom. The molecule has 158 valence electrons. The third-order valence-corrected chi connectivity index (χ3v) is 7.02. The highest BCUT2D eigenvalue weighted by Crippen LogP contribution is 2.25. The van der Waals surface area contributed by atoms with Gasteiger partial charge in [-0.2, -0.15) is 8.82 Å². The van der Waals surface area contributed by atoms with E-state index in [2.05, 4.69) is 20.6 Å². The van der Waals surface area contributed by atoms with Crippen LogP contribution in [0.3, 0.4) is 0 Å². The number of carbonyl (C=O) groups is 1. The average molecular weight is 430 g/mol. The van der Waals surface area contributed by atoms with Crippen LogP contribution >= 0.6 is 0 Å². The van der Waals surface area contributed by atoms with Gasteiger partial charge in [-0.3, -0.25) is 4.79 Å². The van der Waals surface area contributed by atoms with Crippen molar-refractivity contribution in [2.24, 2.45) is 0 Å². The van der Waals surface area contributed by atoms with Crippen LogP contribution in [0.1, 0.15) is 18.3 Å². The second kappa shape index (κ2) is 7.65. The summed E-state index contributed by atoms with van der Waals surface area (Å²) in [4.78, 5) is 13.6. The molecule has 10 nitrogen and oxygen atoms in total. The van der Waals surface area contributed by atoms with Gasteiger partial charge in [0.15, 0.2) is 11.5 Å². The summed E-state index contributed by atoms with van der Waals surface area (Å²) in [5.74, 6) is 1.21. The molecule has 0 bridgehead atoms. The number of aryl methyl sites for hydroxylation is 2. The van der Waals surface area contributed by atoms with Crippen LogP contribution in [-0.4, -0.2) is 64.6 Å². The first-order valence-corrected chi connectivity index (χ1v) is 11.0. The summed E-state index contributed by atoms with van der Waals surface area (Å²) in [6.07, 6.45) is 0. The molecule has 3 heterocycles. The third kappa shape index (κ3) is 3.73.